The molecule has 13 heteroatoms. The molecule has 0 saturated carbocycles. The number of rotatable bonds is 8. The zero-order valence-corrected chi connectivity index (χ0v) is 22.5. The summed E-state index contributed by atoms with van der Waals surface area (Å²) in [7, 11) is -3.60. The van der Waals surface area contributed by atoms with Crippen molar-refractivity contribution in [1.29, 1.82) is 0 Å². The second kappa shape index (κ2) is 11.8. The lowest BCUT2D eigenvalue weighted by Gasteiger charge is -2.42. The molecular formula is C26H30F6N2O4S. The largest absolute Gasteiger partial charge is 0.416 e. The van der Waals surface area contributed by atoms with E-state index in [1.807, 2.05) is 36.9 Å². The fourth-order valence-electron chi connectivity index (χ4n) is 4.51. The van der Waals surface area contributed by atoms with Gasteiger partial charge in [-0.25, -0.2) is 0 Å². The highest BCUT2D eigenvalue weighted by atomic mass is 32.2. The van der Waals surface area contributed by atoms with Crippen molar-refractivity contribution in [2.45, 2.75) is 45.1 Å². The van der Waals surface area contributed by atoms with Crippen LogP contribution in [0.25, 0.3) is 0 Å². The molecule has 0 bridgehead atoms. The average molecular weight is 581 g/mol. The maximum absolute atomic E-state index is 13.4. The van der Waals surface area contributed by atoms with Crippen molar-refractivity contribution < 1.29 is 43.7 Å². The summed E-state index contributed by atoms with van der Waals surface area (Å²) in [6.45, 7) is 4.91. The Labute approximate surface area is 223 Å². The zero-order valence-electron chi connectivity index (χ0n) is 21.7. The van der Waals surface area contributed by atoms with Crippen LogP contribution in [0, 0.1) is 13.8 Å². The Morgan fingerprint density at radius 1 is 0.949 bits per heavy atom. The standard InChI is InChI=1S/C26H30F6N2O4S/c1-17-5-6-19(11-18(17)2)12-23-16-33(7-4-10-38-39(3,36)37)8-9-34(23)24(35)20-13-21(25(27,28)29)15-22(14-20)26(30,31)32/h5-6,11,13-15,23H,4,7-10,12,16H2,1-3H3/t23-/m1/s1. The van der Waals surface area contributed by atoms with Gasteiger partial charge in [-0.15, -0.1) is 0 Å². The Kier molecular flexibility index (Phi) is 9.39. The van der Waals surface area contributed by atoms with Gasteiger partial charge in [0.05, 0.1) is 24.0 Å². The summed E-state index contributed by atoms with van der Waals surface area (Å²) in [4.78, 5) is 16.7. The molecule has 39 heavy (non-hydrogen) atoms. The van der Waals surface area contributed by atoms with Gasteiger partial charge in [-0.3, -0.25) is 13.9 Å². The number of aryl methyl sites for hydroxylation is 2. The maximum atomic E-state index is 13.4. The molecule has 0 spiro atoms. The SMILES string of the molecule is Cc1ccc(C[C@@H]2CN(CCCOS(C)(=O)=O)CCN2C(=O)c2cc(C(F)(F)F)cc(C(F)(F)F)c2)cc1C. The molecule has 0 aromatic heterocycles. The molecule has 2 aromatic carbocycles. The van der Waals surface area contributed by atoms with E-state index in [1.54, 1.807) is 0 Å². The normalized spacial score (nSPS) is 17.5. The van der Waals surface area contributed by atoms with Crippen LogP contribution in [0.3, 0.4) is 0 Å². The summed E-state index contributed by atoms with van der Waals surface area (Å²) >= 11 is 0. The van der Waals surface area contributed by atoms with E-state index in [0.717, 1.165) is 22.9 Å². The molecule has 0 aliphatic carbocycles. The third kappa shape index (κ3) is 8.67. The first kappa shape index (κ1) is 30.9. The number of alkyl halides is 6. The summed E-state index contributed by atoms with van der Waals surface area (Å²) in [5.41, 5.74) is -0.859. The van der Waals surface area contributed by atoms with Gasteiger partial charge in [-0.05, 0) is 61.6 Å². The van der Waals surface area contributed by atoms with Gasteiger partial charge >= 0.3 is 12.4 Å². The minimum atomic E-state index is -5.07. The Hall–Kier alpha value is -2.64. The van der Waals surface area contributed by atoms with Gasteiger partial charge in [0.2, 0.25) is 0 Å². The highest BCUT2D eigenvalue weighted by Gasteiger charge is 2.39. The first-order valence-corrected chi connectivity index (χ1v) is 14.0. The van der Waals surface area contributed by atoms with Crippen molar-refractivity contribution >= 4 is 16.0 Å². The molecule has 0 radical (unpaired) electrons. The number of halogens is 6. The smallest absolute Gasteiger partial charge is 0.333 e. The predicted molar refractivity (Wildman–Crippen MR) is 133 cm³/mol. The molecule has 2 aromatic rings. The zero-order chi connectivity index (χ0) is 29.2. The van der Waals surface area contributed by atoms with Crippen LogP contribution in [0.5, 0.6) is 0 Å². The fourth-order valence-corrected chi connectivity index (χ4v) is 4.93. The average Bonchev–Trinajstić information content (AvgIpc) is 2.82. The molecule has 1 heterocycles. The molecule has 216 valence electrons. The lowest BCUT2D eigenvalue weighted by atomic mass is 9.97. The van der Waals surface area contributed by atoms with E-state index in [1.165, 1.54) is 4.90 Å². The molecule has 6 nitrogen and oxygen atoms in total. The van der Waals surface area contributed by atoms with Gasteiger partial charge < -0.3 is 4.90 Å². The lowest BCUT2D eigenvalue weighted by Crippen LogP contribution is -2.56. The number of amides is 1. The van der Waals surface area contributed by atoms with Gasteiger partial charge in [0.1, 0.15) is 0 Å². The van der Waals surface area contributed by atoms with Crippen LogP contribution in [0.1, 0.15) is 44.6 Å². The van der Waals surface area contributed by atoms with Crippen LogP contribution in [0.4, 0.5) is 26.3 Å². The summed E-state index contributed by atoms with van der Waals surface area (Å²) in [5, 5.41) is 0. The molecule has 0 N–H and O–H groups in total. The van der Waals surface area contributed by atoms with Crippen molar-refractivity contribution in [3.05, 3.63) is 69.8 Å². The van der Waals surface area contributed by atoms with Crippen LogP contribution in [-0.2, 0) is 33.1 Å². The van der Waals surface area contributed by atoms with Crippen molar-refractivity contribution in [1.82, 2.24) is 9.80 Å². The summed E-state index contributed by atoms with van der Waals surface area (Å²) in [5.74, 6) is -0.916. The molecular weight excluding hydrogens is 550 g/mol. The van der Waals surface area contributed by atoms with Crippen molar-refractivity contribution in [2.24, 2.45) is 0 Å². The van der Waals surface area contributed by atoms with Crippen LogP contribution < -0.4 is 0 Å². The minimum absolute atomic E-state index is 0.000146. The molecule has 1 atom stereocenters. The first-order valence-electron chi connectivity index (χ1n) is 12.2. The third-order valence-corrected chi connectivity index (χ3v) is 7.22. The molecule has 3 rings (SSSR count). The van der Waals surface area contributed by atoms with Crippen LogP contribution in [0.2, 0.25) is 0 Å². The Morgan fingerprint density at radius 3 is 2.10 bits per heavy atom. The number of hydrogen-bond acceptors (Lipinski definition) is 5. The predicted octanol–water partition coefficient (Wildman–Crippen LogP) is 5.08. The molecule has 0 unspecified atom stereocenters. The number of piperazine rings is 1. The molecule has 1 aliphatic heterocycles. The van der Waals surface area contributed by atoms with Crippen LogP contribution in [-0.4, -0.2) is 69.2 Å². The highest BCUT2D eigenvalue weighted by Crippen LogP contribution is 2.37. The summed E-state index contributed by atoms with van der Waals surface area (Å²) < 4.78 is 108. The minimum Gasteiger partial charge on any atom is -0.333 e. The van der Waals surface area contributed by atoms with Gasteiger partial charge in [0.25, 0.3) is 16.0 Å². The van der Waals surface area contributed by atoms with E-state index in [-0.39, 0.29) is 19.2 Å². The number of carbonyl (C=O) groups is 1. The van der Waals surface area contributed by atoms with E-state index in [9.17, 15) is 39.6 Å². The maximum Gasteiger partial charge on any atom is 0.416 e. The topological polar surface area (TPSA) is 66.9 Å². The van der Waals surface area contributed by atoms with Crippen LogP contribution in [0.15, 0.2) is 36.4 Å². The van der Waals surface area contributed by atoms with Crippen molar-refractivity contribution in [3.8, 4) is 0 Å². The number of carbonyl (C=O) groups excluding carboxylic acids is 1. The van der Waals surface area contributed by atoms with E-state index < -0.39 is 51.1 Å². The second-order valence-corrected chi connectivity index (χ2v) is 11.4. The van der Waals surface area contributed by atoms with Gasteiger partial charge in [0, 0.05) is 37.8 Å². The van der Waals surface area contributed by atoms with E-state index >= 15 is 0 Å². The Morgan fingerprint density at radius 2 is 1.56 bits per heavy atom. The lowest BCUT2D eigenvalue weighted by molar-refractivity contribution is -0.143. The quantitative estimate of drug-likeness (QED) is 0.248. The summed E-state index contributed by atoms with van der Waals surface area (Å²) in [6, 6.07) is 6.08. The molecule has 1 amide bonds. The van der Waals surface area contributed by atoms with E-state index in [4.69, 9.17) is 4.18 Å². The summed E-state index contributed by atoms with van der Waals surface area (Å²) in [6.07, 6.45) is -8.49. The van der Waals surface area contributed by atoms with Gasteiger partial charge in [-0.2, -0.15) is 34.8 Å². The molecule has 1 saturated heterocycles. The number of hydrogen-bond donors (Lipinski definition) is 0. The molecule has 1 aliphatic rings. The molecule has 1 fully saturated rings. The van der Waals surface area contributed by atoms with Crippen LogP contribution >= 0.6 is 0 Å². The second-order valence-electron chi connectivity index (χ2n) is 9.75. The van der Waals surface area contributed by atoms with Crippen molar-refractivity contribution in [2.75, 3.05) is 39.0 Å². The Balaban J connectivity index is 1.89. The fraction of sp³-hybridized carbons (Fsp3) is 0.500. The highest BCUT2D eigenvalue weighted by molar-refractivity contribution is 7.85. The Bertz CT molecular complexity index is 1260. The van der Waals surface area contributed by atoms with Gasteiger partial charge in [0.15, 0.2) is 0 Å². The first-order chi connectivity index (χ1) is 17.9. The monoisotopic (exact) mass is 580 g/mol. The van der Waals surface area contributed by atoms with Crippen molar-refractivity contribution in [3.63, 3.8) is 0 Å². The van der Waals surface area contributed by atoms with E-state index in [0.29, 0.717) is 44.6 Å². The van der Waals surface area contributed by atoms with E-state index in [2.05, 4.69) is 0 Å². The van der Waals surface area contributed by atoms with Gasteiger partial charge in [-0.1, -0.05) is 18.2 Å². The third-order valence-electron chi connectivity index (χ3n) is 6.62. The number of nitrogens with zero attached hydrogens (tertiary/aromatic N) is 2. The number of benzene rings is 2.